The van der Waals surface area contributed by atoms with Gasteiger partial charge in [-0.1, -0.05) is 13.8 Å². The number of nitrogen functional groups attached to an aromatic ring is 1. The van der Waals surface area contributed by atoms with E-state index in [0.29, 0.717) is 31.4 Å². The number of hydrogen-bond donors (Lipinski definition) is 2. The van der Waals surface area contributed by atoms with E-state index in [-0.39, 0.29) is 5.69 Å². The van der Waals surface area contributed by atoms with Crippen molar-refractivity contribution in [2.24, 2.45) is 5.92 Å². The van der Waals surface area contributed by atoms with Crippen molar-refractivity contribution in [1.82, 2.24) is 0 Å². The molecule has 0 atom stereocenters. The third-order valence-corrected chi connectivity index (χ3v) is 2.60. The zero-order chi connectivity index (χ0) is 15.2. The monoisotopic (exact) mass is 290 g/mol. The van der Waals surface area contributed by atoms with Gasteiger partial charge in [-0.3, -0.25) is 0 Å². The zero-order valence-corrected chi connectivity index (χ0v) is 11.8. The summed E-state index contributed by atoms with van der Waals surface area (Å²) in [6.45, 7) is 5.96. The number of hydrogen-bond acceptors (Lipinski definition) is 3. The first-order valence-electron chi connectivity index (χ1n) is 6.59. The van der Waals surface area contributed by atoms with Gasteiger partial charge in [-0.05, 0) is 30.5 Å². The Labute approximate surface area is 117 Å². The molecule has 1 aromatic carbocycles. The molecule has 114 valence electrons. The molecule has 0 saturated carbocycles. The predicted molar refractivity (Wildman–Crippen MR) is 74.6 cm³/mol. The highest BCUT2D eigenvalue weighted by atomic mass is 19.4. The van der Waals surface area contributed by atoms with Crippen molar-refractivity contribution >= 4 is 11.4 Å². The van der Waals surface area contributed by atoms with Crippen LogP contribution in [0.3, 0.4) is 0 Å². The maximum atomic E-state index is 12.7. The van der Waals surface area contributed by atoms with E-state index in [4.69, 9.17) is 10.5 Å². The molecule has 0 aliphatic carbocycles. The largest absolute Gasteiger partial charge is 0.418 e. The van der Waals surface area contributed by atoms with Gasteiger partial charge in [-0.25, -0.2) is 0 Å². The fourth-order valence-electron chi connectivity index (χ4n) is 1.64. The molecular formula is C14H21F3N2O. The molecule has 0 saturated heterocycles. The Bertz CT molecular complexity index is 419. The Morgan fingerprint density at radius 3 is 2.60 bits per heavy atom. The molecule has 1 rings (SSSR count). The van der Waals surface area contributed by atoms with E-state index in [9.17, 15) is 13.2 Å². The van der Waals surface area contributed by atoms with E-state index < -0.39 is 11.7 Å². The normalized spacial score (nSPS) is 11.9. The molecule has 3 nitrogen and oxygen atoms in total. The van der Waals surface area contributed by atoms with Crippen LogP contribution in [0.5, 0.6) is 0 Å². The van der Waals surface area contributed by atoms with Gasteiger partial charge in [-0.2, -0.15) is 13.2 Å². The Morgan fingerprint density at radius 2 is 2.00 bits per heavy atom. The van der Waals surface area contributed by atoms with Gasteiger partial charge in [0.1, 0.15) is 0 Å². The first-order chi connectivity index (χ1) is 9.30. The number of nitrogens with one attached hydrogen (secondary N) is 1. The van der Waals surface area contributed by atoms with Crippen molar-refractivity contribution in [2.45, 2.75) is 26.4 Å². The fourth-order valence-corrected chi connectivity index (χ4v) is 1.64. The molecular weight excluding hydrogens is 269 g/mol. The maximum absolute atomic E-state index is 12.7. The Kier molecular flexibility index (Phi) is 6.13. The molecule has 0 aromatic heterocycles. The quantitative estimate of drug-likeness (QED) is 0.593. The summed E-state index contributed by atoms with van der Waals surface area (Å²) in [6.07, 6.45) is -3.69. The minimum absolute atomic E-state index is 0.261. The van der Waals surface area contributed by atoms with Crippen LogP contribution in [0.15, 0.2) is 18.2 Å². The Hall–Kier alpha value is -1.43. The first-order valence-corrected chi connectivity index (χ1v) is 6.59. The molecule has 0 unspecified atom stereocenters. The number of rotatable bonds is 7. The summed E-state index contributed by atoms with van der Waals surface area (Å²) in [5.74, 6) is 0.481. The molecule has 0 amide bonds. The summed E-state index contributed by atoms with van der Waals surface area (Å²) in [4.78, 5) is 0. The lowest BCUT2D eigenvalue weighted by molar-refractivity contribution is -0.136. The van der Waals surface area contributed by atoms with Crippen LogP contribution in [-0.2, 0) is 10.9 Å². The highest BCUT2D eigenvalue weighted by Crippen LogP contribution is 2.35. The lowest BCUT2D eigenvalue weighted by Crippen LogP contribution is -2.11. The molecule has 0 bridgehead atoms. The summed E-state index contributed by atoms with van der Waals surface area (Å²) in [6, 6.07) is 3.84. The third-order valence-electron chi connectivity index (χ3n) is 2.60. The van der Waals surface area contributed by atoms with E-state index in [1.807, 2.05) is 0 Å². The number of alkyl halides is 3. The summed E-state index contributed by atoms with van der Waals surface area (Å²) >= 11 is 0. The fraction of sp³-hybridized carbons (Fsp3) is 0.571. The lowest BCUT2D eigenvalue weighted by atomic mass is 10.1. The predicted octanol–water partition coefficient (Wildman–Crippen LogP) is 3.76. The first kappa shape index (κ1) is 16.6. The van der Waals surface area contributed by atoms with E-state index in [0.717, 1.165) is 12.5 Å². The van der Waals surface area contributed by atoms with Gasteiger partial charge in [0.2, 0.25) is 0 Å². The van der Waals surface area contributed by atoms with Gasteiger partial charge in [0.15, 0.2) is 0 Å². The van der Waals surface area contributed by atoms with Gasteiger partial charge >= 0.3 is 6.18 Å². The lowest BCUT2D eigenvalue weighted by Gasteiger charge is -2.13. The van der Waals surface area contributed by atoms with Crippen LogP contribution in [0, 0.1) is 5.92 Å². The van der Waals surface area contributed by atoms with Crippen molar-refractivity contribution in [1.29, 1.82) is 0 Å². The van der Waals surface area contributed by atoms with Crippen molar-refractivity contribution in [3.8, 4) is 0 Å². The zero-order valence-electron chi connectivity index (χ0n) is 11.8. The standard InChI is InChI=1S/C14H21F3N2O/c1-10(2)9-20-7-3-6-19-11-4-5-13(18)12(8-11)14(15,16)17/h4-5,8,10,19H,3,6-7,9,18H2,1-2H3. The molecule has 0 fully saturated rings. The highest BCUT2D eigenvalue weighted by Gasteiger charge is 2.33. The molecule has 0 aliphatic rings. The third kappa shape index (κ3) is 5.69. The number of halogens is 3. The minimum Gasteiger partial charge on any atom is -0.398 e. The minimum atomic E-state index is -4.43. The van der Waals surface area contributed by atoms with Gasteiger partial charge < -0.3 is 15.8 Å². The molecule has 6 heteroatoms. The highest BCUT2D eigenvalue weighted by molar-refractivity contribution is 5.58. The second-order valence-electron chi connectivity index (χ2n) is 5.05. The van der Waals surface area contributed by atoms with Crippen LogP contribution in [0.4, 0.5) is 24.5 Å². The van der Waals surface area contributed by atoms with Crippen molar-refractivity contribution in [3.05, 3.63) is 23.8 Å². The van der Waals surface area contributed by atoms with Crippen LogP contribution in [0.1, 0.15) is 25.8 Å². The summed E-state index contributed by atoms with van der Waals surface area (Å²) < 4.78 is 43.4. The maximum Gasteiger partial charge on any atom is 0.418 e. The average molecular weight is 290 g/mol. The van der Waals surface area contributed by atoms with Gasteiger partial charge in [-0.15, -0.1) is 0 Å². The van der Waals surface area contributed by atoms with E-state index in [2.05, 4.69) is 19.2 Å². The molecule has 1 aromatic rings. The number of anilines is 2. The summed E-state index contributed by atoms with van der Waals surface area (Å²) in [7, 11) is 0. The Balaban J connectivity index is 2.41. The van der Waals surface area contributed by atoms with Crippen LogP contribution in [0.25, 0.3) is 0 Å². The van der Waals surface area contributed by atoms with Crippen molar-refractivity contribution in [2.75, 3.05) is 30.8 Å². The van der Waals surface area contributed by atoms with E-state index in [1.165, 1.54) is 6.07 Å². The Morgan fingerprint density at radius 1 is 1.30 bits per heavy atom. The molecule has 0 spiro atoms. The molecule has 3 N–H and O–H groups in total. The van der Waals surface area contributed by atoms with Crippen molar-refractivity contribution < 1.29 is 17.9 Å². The molecule has 0 heterocycles. The smallest absolute Gasteiger partial charge is 0.398 e. The SMILES string of the molecule is CC(C)COCCCNc1ccc(N)c(C(F)(F)F)c1. The molecule has 0 radical (unpaired) electrons. The summed E-state index contributed by atoms with van der Waals surface area (Å²) in [5, 5.41) is 2.94. The van der Waals surface area contributed by atoms with E-state index >= 15 is 0 Å². The van der Waals surface area contributed by atoms with Crippen LogP contribution in [-0.4, -0.2) is 19.8 Å². The van der Waals surface area contributed by atoms with Crippen LogP contribution < -0.4 is 11.1 Å². The van der Waals surface area contributed by atoms with Crippen LogP contribution in [0.2, 0.25) is 0 Å². The molecule has 0 aliphatic heterocycles. The topological polar surface area (TPSA) is 47.3 Å². The number of benzene rings is 1. The number of nitrogens with two attached hydrogens (primary N) is 1. The average Bonchev–Trinajstić information content (AvgIpc) is 2.33. The van der Waals surface area contributed by atoms with Crippen molar-refractivity contribution in [3.63, 3.8) is 0 Å². The van der Waals surface area contributed by atoms with Gasteiger partial charge in [0, 0.05) is 31.1 Å². The number of ether oxygens (including phenoxy) is 1. The second kappa shape index (κ2) is 7.38. The second-order valence-corrected chi connectivity index (χ2v) is 5.05. The van der Waals surface area contributed by atoms with E-state index in [1.54, 1.807) is 6.07 Å². The van der Waals surface area contributed by atoms with Gasteiger partial charge in [0.25, 0.3) is 0 Å². The van der Waals surface area contributed by atoms with Crippen LogP contribution >= 0.6 is 0 Å². The van der Waals surface area contributed by atoms with Gasteiger partial charge in [0.05, 0.1) is 5.56 Å². The summed E-state index contributed by atoms with van der Waals surface area (Å²) in [5.41, 5.74) is 4.68. The molecule has 20 heavy (non-hydrogen) atoms.